The van der Waals surface area contributed by atoms with Crippen molar-refractivity contribution in [3.05, 3.63) is 0 Å². The zero-order chi connectivity index (χ0) is 14.8. The minimum absolute atomic E-state index is 0.0297. The van der Waals surface area contributed by atoms with Gasteiger partial charge in [-0.1, -0.05) is 19.3 Å². The number of amides is 2. The van der Waals surface area contributed by atoms with E-state index in [0.717, 1.165) is 32.1 Å². The lowest BCUT2D eigenvalue weighted by molar-refractivity contribution is -0.131. The summed E-state index contributed by atoms with van der Waals surface area (Å²) in [5, 5.41) is 15.4. The van der Waals surface area contributed by atoms with Gasteiger partial charge in [0.1, 0.15) is 6.04 Å². The fraction of sp³-hybridized carbons (Fsp3) is 0.857. The highest BCUT2D eigenvalue weighted by Crippen LogP contribution is 2.31. The lowest BCUT2D eigenvalue weighted by atomic mass is 9.82. The molecule has 5 nitrogen and oxygen atoms in total. The third kappa shape index (κ3) is 3.28. The first-order valence-corrected chi connectivity index (χ1v) is 8.25. The topological polar surface area (TPSA) is 78.4 Å². The standard InChI is InChI=1S/C14H24N2O3S/c1-13(2)12(19)15-10(8-20-13)11(18)16-14(9-17)6-4-3-5-7-14/h10,17H,3-9H2,1-2H3,(H,15,19)(H,16,18)/t10-/m0/s1. The Morgan fingerprint density at radius 3 is 2.60 bits per heavy atom. The summed E-state index contributed by atoms with van der Waals surface area (Å²) in [6.45, 7) is 3.69. The molecule has 0 aromatic heterocycles. The van der Waals surface area contributed by atoms with Crippen LogP contribution in [-0.4, -0.2) is 45.6 Å². The first kappa shape index (κ1) is 15.6. The van der Waals surface area contributed by atoms with Crippen molar-refractivity contribution in [1.82, 2.24) is 10.6 Å². The fourth-order valence-corrected chi connectivity index (χ4v) is 3.78. The molecule has 1 atom stereocenters. The van der Waals surface area contributed by atoms with E-state index in [4.69, 9.17) is 0 Å². The number of aliphatic hydroxyl groups excluding tert-OH is 1. The van der Waals surface area contributed by atoms with Crippen molar-refractivity contribution in [2.75, 3.05) is 12.4 Å². The Balaban J connectivity index is 1.96. The zero-order valence-corrected chi connectivity index (χ0v) is 13.0. The maximum absolute atomic E-state index is 12.3. The van der Waals surface area contributed by atoms with Gasteiger partial charge in [0, 0.05) is 5.75 Å². The van der Waals surface area contributed by atoms with Crippen molar-refractivity contribution < 1.29 is 14.7 Å². The quantitative estimate of drug-likeness (QED) is 0.721. The summed E-state index contributed by atoms with van der Waals surface area (Å²) in [6, 6.07) is -0.495. The van der Waals surface area contributed by atoms with Crippen LogP contribution in [0.4, 0.5) is 0 Å². The molecule has 0 aromatic carbocycles. The van der Waals surface area contributed by atoms with Crippen LogP contribution in [0.2, 0.25) is 0 Å². The van der Waals surface area contributed by atoms with Crippen LogP contribution in [0.15, 0.2) is 0 Å². The van der Waals surface area contributed by atoms with Crippen molar-refractivity contribution in [2.24, 2.45) is 0 Å². The maximum atomic E-state index is 12.3. The summed E-state index contributed by atoms with van der Waals surface area (Å²) in [4.78, 5) is 24.2. The van der Waals surface area contributed by atoms with Crippen LogP contribution >= 0.6 is 11.8 Å². The van der Waals surface area contributed by atoms with Gasteiger partial charge in [-0.2, -0.15) is 0 Å². The molecule has 0 unspecified atom stereocenters. The van der Waals surface area contributed by atoms with Crippen LogP contribution in [0.3, 0.4) is 0 Å². The summed E-state index contributed by atoms with van der Waals surface area (Å²) in [5.74, 6) is 0.305. The smallest absolute Gasteiger partial charge is 0.243 e. The largest absolute Gasteiger partial charge is 0.394 e. The van der Waals surface area contributed by atoms with Gasteiger partial charge in [-0.15, -0.1) is 11.8 Å². The molecule has 1 aliphatic heterocycles. The fourth-order valence-electron chi connectivity index (χ4n) is 2.77. The summed E-state index contributed by atoms with van der Waals surface area (Å²) in [7, 11) is 0. The average Bonchev–Trinajstić information content (AvgIpc) is 2.43. The third-order valence-electron chi connectivity index (χ3n) is 4.28. The lowest BCUT2D eigenvalue weighted by Crippen LogP contribution is -2.62. The van der Waals surface area contributed by atoms with Gasteiger partial charge in [-0.05, 0) is 26.7 Å². The Kier molecular flexibility index (Phi) is 4.64. The molecule has 2 rings (SSSR count). The Bertz CT molecular complexity index is 392. The zero-order valence-electron chi connectivity index (χ0n) is 12.2. The van der Waals surface area contributed by atoms with Gasteiger partial charge >= 0.3 is 0 Å². The molecule has 2 amide bonds. The number of rotatable bonds is 3. The van der Waals surface area contributed by atoms with E-state index in [0.29, 0.717) is 5.75 Å². The number of hydrogen-bond acceptors (Lipinski definition) is 4. The average molecular weight is 300 g/mol. The number of nitrogens with one attached hydrogen (secondary N) is 2. The van der Waals surface area contributed by atoms with Crippen LogP contribution in [0.1, 0.15) is 46.0 Å². The van der Waals surface area contributed by atoms with Crippen molar-refractivity contribution in [1.29, 1.82) is 0 Å². The highest BCUT2D eigenvalue weighted by Gasteiger charge is 2.40. The molecule has 1 aliphatic carbocycles. The van der Waals surface area contributed by atoms with Crippen LogP contribution in [0, 0.1) is 0 Å². The van der Waals surface area contributed by atoms with Gasteiger partial charge in [0.15, 0.2) is 0 Å². The van der Waals surface area contributed by atoms with Gasteiger partial charge in [-0.25, -0.2) is 0 Å². The molecule has 2 aliphatic rings. The number of thioether (sulfide) groups is 1. The second-order valence-corrected chi connectivity index (χ2v) is 7.98. The van der Waals surface area contributed by atoms with Gasteiger partial charge < -0.3 is 15.7 Å². The normalized spacial score (nSPS) is 28.6. The van der Waals surface area contributed by atoms with Crippen LogP contribution in [0.5, 0.6) is 0 Å². The molecule has 0 spiro atoms. The molecular formula is C14H24N2O3S. The number of carbonyl (C=O) groups excluding carboxylic acids is 2. The second-order valence-electron chi connectivity index (χ2n) is 6.34. The van der Waals surface area contributed by atoms with E-state index in [1.807, 2.05) is 13.8 Å². The van der Waals surface area contributed by atoms with Gasteiger partial charge in [0.25, 0.3) is 0 Å². The highest BCUT2D eigenvalue weighted by atomic mass is 32.2. The van der Waals surface area contributed by atoms with E-state index in [1.165, 1.54) is 11.8 Å². The molecular weight excluding hydrogens is 276 g/mol. The molecule has 1 heterocycles. The van der Waals surface area contributed by atoms with Crippen LogP contribution in [-0.2, 0) is 9.59 Å². The Hall–Kier alpha value is -0.750. The van der Waals surface area contributed by atoms with Gasteiger partial charge in [0.2, 0.25) is 11.8 Å². The Morgan fingerprint density at radius 1 is 1.40 bits per heavy atom. The SMILES string of the molecule is CC1(C)SC[C@@H](C(=O)NC2(CO)CCCCC2)NC1=O. The predicted octanol–water partition coefficient (Wildman–Crippen LogP) is 0.808. The molecule has 6 heteroatoms. The lowest BCUT2D eigenvalue weighted by Gasteiger charge is -2.39. The number of aliphatic hydroxyl groups is 1. The van der Waals surface area contributed by atoms with E-state index in [-0.39, 0.29) is 18.4 Å². The summed E-state index contributed by atoms with van der Waals surface area (Å²) in [6.07, 6.45) is 4.84. The molecule has 20 heavy (non-hydrogen) atoms. The molecule has 1 saturated heterocycles. The summed E-state index contributed by atoms with van der Waals surface area (Å²) >= 11 is 1.50. The first-order chi connectivity index (χ1) is 9.38. The van der Waals surface area contributed by atoms with Gasteiger partial charge in [-0.3, -0.25) is 9.59 Å². The molecule has 2 fully saturated rings. The molecule has 1 saturated carbocycles. The van der Waals surface area contributed by atoms with Crippen molar-refractivity contribution >= 4 is 23.6 Å². The highest BCUT2D eigenvalue weighted by molar-refractivity contribution is 8.01. The van der Waals surface area contributed by atoms with E-state index < -0.39 is 16.3 Å². The Morgan fingerprint density at radius 2 is 2.05 bits per heavy atom. The van der Waals surface area contributed by atoms with Crippen molar-refractivity contribution in [2.45, 2.75) is 62.3 Å². The number of hydrogen-bond donors (Lipinski definition) is 3. The predicted molar refractivity (Wildman–Crippen MR) is 79.5 cm³/mol. The summed E-state index contributed by atoms with van der Waals surface area (Å²) < 4.78 is -0.476. The minimum Gasteiger partial charge on any atom is -0.394 e. The monoisotopic (exact) mass is 300 g/mol. The van der Waals surface area contributed by atoms with Gasteiger partial charge in [0.05, 0.1) is 16.9 Å². The van der Waals surface area contributed by atoms with Crippen LogP contribution < -0.4 is 10.6 Å². The maximum Gasteiger partial charge on any atom is 0.243 e. The molecule has 0 aromatic rings. The van der Waals surface area contributed by atoms with E-state index in [1.54, 1.807) is 0 Å². The van der Waals surface area contributed by atoms with E-state index in [2.05, 4.69) is 10.6 Å². The number of carbonyl (C=O) groups is 2. The third-order valence-corrected chi connectivity index (χ3v) is 5.69. The van der Waals surface area contributed by atoms with Crippen molar-refractivity contribution in [3.8, 4) is 0 Å². The Labute approximate surface area is 124 Å². The molecule has 114 valence electrons. The van der Waals surface area contributed by atoms with Crippen LogP contribution in [0.25, 0.3) is 0 Å². The van der Waals surface area contributed by atoms with E-state index >= 15 is 0 Å². The molecule has 0 bridgehead atoms. The molecule has 0 radical (unpaired) electrons. The molecule has 3 N–H and O–H groups in total. The first-order valence-electron chi connectivity index (χ1n) is 7.26. The van der Waals surface area contributed by atoms with Crippen molar-refractivity contribution in [3.63, 3.8) is 0 Å². The second kappa shape index (κ2) is 5.93. The summed E-state index contributed by atoms with van der Waals surface area (Å²) in [5.41, 5.74) is -0.488. The minimum atomic E-state index is -0.495. The van der Waals surface area contributed by atoms with E-state index in [9.17, 15) is 14.7 Å².